The molecule has 2 aromatic carbocycles. The van der Waals surface area contributed by atoms with Gasteiger partial charge >= 0.3 is 0 Å². The molecule has 0 atom stereocenters. The van der Waals surface area contributed by atoms with Gasteiger partial charge in [0.05, 0.1) is 0 Å². The van der Waals surface area contributed by atoms with Crippen molar-refractivity contribution >= 4 is 11.6 Å². The van der Waals surface area contributed by atoms with Crippen LogP contribution in [0.2, 0.25) is 0 Å². The van der Waals surface area contributed by atoms with Gasteiger partial charge in [0.2, 0.25) is 0 Å². The van der Waals surface area contributed by atoms with E-state index in [-0.39, 0.29) is 5.91 Å². The molecule has 3 nitrogen and oxygen atoms in total. The molecule has 1 amide bonds. The molecule has 20 heavy (non-hydrogen) atoms. The number of aryl methyl sites for hydroxylation is 2. The van der Waals surface area contributed by atoms with Crippen molar-refractivity contribution < 1.29 is 4.79 Å². The number of benzene rings is 2. The Hall–Kier alpha value is -2.29. The van der Waals surface area contributed by atoms with Crippen molar-refractivity contribution in [1.29, 1.82) is 0 Å². The highest BCUT2D eigenvalue weighted by Crippen LogP contribution is 2.08. The fourth-order valence-electron chi connectivity index (χ4n) is 2.10. The van der Waals surface area contributed by atoms with Crippen molar-refractivity contribution in [2.75, 3.05) is 12.3 Å². The zero-order valence-electron chi connectivity index (χ0n) is 11.7. The summed E-state index contributed by atoms with van der Waals surface area (Å²) in [6, 6.07) is 15.5. The lowest BCUT2D eigenvalue weighted by molar-refractivity contribution is 0.0952. The Kier molecular flexibility index (Phi) is 4.77. The van der Waals surface area contributed by atoms with Gasteiger partial charge in [0.25, 0.3) is 5.91 Å². The highest BCUT2D eigenvalue weighted by Gasteiger charge is 2.06. The summed E-state index contributed by atoms with van der Waals surface area (Å²) in [6.07, 6.45) is 1.86. The Morgan fingerprint density at radius 1 is 1.10 bits per heavy atom. The first-order chi connectivity index (χ1) is 9.66. The lowest BCUT2D eigenvalue weighted by atomic mass is 10.1. The van der Waals surface area contributed by atoms with Crippen molar-refractivity contribution in [3.63, 3.8) is 0 Å². The van der Waals surface area contributed by atoms with Gasteiger partial charge in [0.15, 0.2) is 0 Å². The molecule has 0 spiro atoms. The first kappa shape index (κ1) is 14.1. The molecule has 0 fully saturated rings. The van der Waals surface area contributed by atoms with Gasteiger partial charge < -0.3 is 11.1 Å². The highest BCUT2D eigenvalue weighted by atomic mass is 16.1. The maximum absolute atomic E-state index is 12.0. The van der Waals surface area contributed by atoms with E-state index >= 15 is 0 Å². The van der Waals surface area contributed by atoms with E-state index in [2.05, 4.69) is 5.32 Å². The molecule has 104 valence electrons. The fraction of sp³-hybridized carbons (Fsp3) is 0.235. The number of carbonyl (C=O) groups excluding carboxylic acids is 1. The Bertz CT molecular complexity index is 576. The van der Waals surface area contributed by atoms with Crippen LogP contribution in [0.1, 0.15) is 27.9 Å². The summed E-state index contributed by atoms with van der Waals surface area (Å²) in [6.45, 7) is 2.63. The van der Waals surface area contributed by atoms with Gasteiger partial charge in [-0.05, 0) is 49.1 Å². The molecule has 0 unspecified atom stereocenters. The summed E-state index contributed by atoms with van der Waals surface area (Å²) >= 11 is 0. The largest absolute Gasteiger partial charge is 0.399 e. The molecule has 3 heteroatoms. The minimum Gasteiger partial charge on any atom is -0.399 e. The summed E-state index contributed by atoms with van der Waals surface area (Å²) in [5.74, 6) is 0.000376. The minimum absolute atomic E-state index is 0.000376. The maximum Gasteiger partial charge on any atom is 0.251 e. The number of nitrogens with two attached hydrogens (primary N) is 1. The molecule has 3 N–H and O–H groups in total. The zero-order chi connectivity index (χ0) is 14.4. The van der Waals surface area contributed by atoms with Crippen molar-refractivity contribution in [2.45, 2.75) is 19.8 Å². The van der Waals surface area contributed by atoms with Gasteiger partial charge in [0, 0.05) is 17.8 Å². The van der Waals surface area contributed by atoms with E-state index in [0.29, 0.717) is 6.54 Å². The number of amides is 1. The van der Waals surface area contributed by atoms with Crippen molar-refractivity contribution in [1.82, 2.24) is 5.32 Å². The van der Waals surface area contributed by atoms with Crippen molar-refractivity contribution in [3.8, 4) is 0 Å². The topological polar surface area (TPSA) is 55.1 Å². The van der Waals surface area contributed by atoms with Crippen LogP contribution in [0, 0.1) is 6.92 Å². The number of anilines is 1. The Morgan fingerprint density at radius 3 is 2.50 bits per heavy atom. The van der Waals surface area contributed by atoms with Gasteiger partial charge in [-0.15, -0.1) is 0 Å². The number of carbonyl (C=O) groups is 1. The van der Waals surface area contributed by atoms with Gasteiger partial charge in [-0.3, -0.25) is 4.79 Å². The number of hydrogen-bond acceptors (Lipinski definition) is 2. The molecule has 0 saturated heterocycles. The molecule has 0 bridgehead atoms. The average Bonchev–Trinajstić information content (AvgIpc) is 2.46. The molecule has 0 heterocycles. The monoisotopic (exact) mass is 268 g/mol. The fourth-order valence-corrected chi connectivity index (χ4v) is 2.10. The van der Waals surface area contributed by atoms with Crippen LogP contribution < -0.4 is 11.1 Å². The van der Waals surface area contributed by atoms with Crippen LogP contribution in [-0.4, -0.2) is 12.5 Å². The number of hydrogen-bond donors (Lipinski definition) is 2. The van der Waals surface area contributed by atoms with Gasteiger partial charge in [0.1, 0.15) is 0 Å². The summed E-state index contributed by atoms with van der Waals surface area (Å²) in [7, 11) is 0. The van der Waals surface area contributed by atoms with E-state index in [1.807, 2.05) is 55.5 Å². The second-order valence-electron chi connectivity index (χ2n) is 4.92. The number of rotatable bonds is 5. The second kappa shape index (κ2) is 6.75. The van der Waals surface area contributed by atoms with E-state index in [1.54, 1.807) is 0 Å². The van der Waals surface area contributed by atoms with Crippen LogP contribution in [-0.2, 0) is 6.42 Å². The zero-order valence-corrected chi connectivity index (χ0v) is 11.7. The smallest absolute Gasteiger partial charge is 0.251 e. The highest BCUT2D eigenvalue weighted by molar-refractivity contribution is 5.95. The molecule has 0 saturated carbocycles. The van der Waals surface area contributed by atoms with E-state index in [0.717, 1.165) is 29.7 Å². The summed E-state index contributed by atoms with van der Waals surface area (Å²) < 4.78 is 0. The Morgan fingerprint density at radius 2 is 1.80 bits per heavy atom. The third-order valence-corrected chi connectivity index (χ3v) is 3.30. The van der Waals surface area contributed by atoms with Gasteiger partial charge in [-0.1, -0.05) is 30.3 Å². The van der Waals surface area contributed by atoms with Crippen molar-refractivity contribution in [3.05, 3.63) is 65.2 Å². The summed E-state index contributed by atoms with van der Waals surface area (Å²) in [5, 5.41) is 2.96. The third kappa shape index (κ3) is 3.85. The lowest BCUT2D eigenvalue weighted by Crippen LogP contribution is -2.25. The normalized spacial score (nSPS) is 10.2. The van der Waals surface area contributed by atoms with E-state index in [1.165, 1.54) is 5.56 Å². The van der Waals surface area contributed by atoms with Crippen LogP contribution in [0.5, 0.6) is 0 Å². The SMILES string of the molecule is Cc1ccccc1C(=O)NCCCc1ccc(N)cc1. The Labute approximate surface area is 119 Å². The van der Waals surface area contributed by atoms with E-state index in [9.17, 15) is 4.79 Å². The molecule has 0 aromatic heterocycles. The van der Waals surface area contributed by atoms with E-state index in [4.69, 9.17) is 5.73 Å². The maximum atomic E-state index is 12.0. The molecular weight excluding hydrogens is 248 g/mol. The van der Waals surface area contributed by atoms with Gasteiger partial charge in [-0.25, -0.2) is 0 Å². The predicted octanol–water partition coefficient (Wildman–Crippen LogP) is 2.94. The van der Waals surface area contributed by atoms with Crippen LogP contribution >= 0.6 is 0 Å². The first-order valence-electron chi connectivity index (χ1n) is 6.85. The molecule has 2 aromatic rings. The van der Waals surface area contributed by atoms with Crippen molar-refractivity contribution in [2.24, 2.45) is 0 Å². The first-order valence-corrected chi connectivity index (χ1v) is 6.85. The Balaban J connectivity index is 1.77. The summed E-state index contributed by atoms with van der Waals surface area (Å²) in [5.41, 5.74) is 9.42. The summed E-state index contributed by atoms with van der Waals surface area (Å²) in [4.78, 5) is 12.0. The second-order valence-corrected chi connectivity index (χ2v) is 4.92. The van der Waals surface area contributed by atoms with Crippen LogP contribution in [0.25, 0.3) is 0 Å². The molecule has 0 aliphatic carbocycles. The molecule has 2 rings (SSSR count). The quantitative estimate of drug-likeness (QED) is 0.647. The number of nitrogen functional groups attached to an aromatic ring is 1. The molecule has 0 radical (unpaired) electrons. The molecule has 0 aliphatic heterocycles. The van der Waals surface area contributed by atoms with Crippen LogP contribution in [0.4, 0.5) is 5.69 Å². The standard InChI is InChI=1S/C17H20N2O/c1-13-5-2-3-7-16(13)17(20)19-12-4-6-14-8-10-15(18)11-9-14/h2-3,5,7-11H,4,6,12,18H2,1H3,(H,19,20). The third-order valence-electron chi connectivity index (χ3n) is 3.30. The molecular formula is C17H20N2O. The minimum atomic E-state index is 0.000376. The van der Waals surface area contributed by atoms with E-state index < -0.39 is 0 Å². The molecule has 0 aliphatic rings. The van der Waals surface area contributed by atoms with Gasteiger partial charge in [-0.2, -0.15) is 0 Å². The average molecular weight is 268 g/mol. The predicted molar refractivity (Wildman–Crippen MR) is 82.7 cm³/mol. The van der Waals surface area contributed by atoms with Crippen LogP contribution in [0.15, 0.2) is 48.5 Å². The number of nitrogens with one attached hydrogen (secondary N) is 1. The lowest BCUT2D eigenvalue weighted by Gasteiger charge is -2.07. The van der Waals surface area contributed by atoms with Crippen LogP contribution in [0.3, 0.4) is 0 Å².